The van der Waals surface area contributed by atoms with E-state index in [9.17, 15) is 19.2 Å². The van der Waals surface area contributed by atoms with E-state index in [-0.39, 0.29) is 53.4 Å². The Balaban J connectivity index is 1.35. The first kappa shape index (κ1) is 35.9. The number of fused-ring (bicyclic) bond motifs is 4. The second-order valence-electron chi connectivity index (χ2n) is 12.6. The van der Waals surface area contributed by atoms with Gasteiger partial charge in [-0.25, -0.2) is 9.97 Å². The van der Waals surface area contributed by atoms with Gasteiger partial charge in [-0.3, -0.25) is 23.9 Å². The summed E-state index contributed by atoms with van der Waals surface area (Å²) in [6, 6.07) is 10.8. The van der Waals surface area contributed by atoms with Crippen LogP contribution in [0.1, 0.15) is 101 Å². The maximum absolute atomic E-state index is 13.5. The fourth-order valence-electron chi connectivity index (χ4n) is 5.68. The van der Waals surface area contributed by atoms with Crippen LogP contribution in [0.25, 0.3) is 0 Å². The van der Waals surface area contributed by atoms with E-state index in [0.717, 1.165) is 5.56 Å². The molecule has 0 aliphatic carbocycles. The average Bonchev–Trinajstić information content (AvgIpc) is 3.88. The average molecular weight is 705 g/mol. The van der Waals surface area contributed by atoms with Gasteiger partial charge in [0, 0.05) is 62.2 Å². The molecule has 14 heteroatoms. The first-order chi connectivity index (χ1) is 23.7. The number of carbonyl (C=O) groups excluding carboxylic acids is 4. The monoisotopic (exact) mass is 704 g/mol. The molecule has 4 bridgehead atoms. The summed E-state index contributed by atoms with van der Waals surface area (Å²) >= 11 is 2.67. The molecule has 1 aromatic carbocycles. The first-order valence-corrected chi connectivity index (χ1v) is 18.6. The number of carbonyl (C=O) groups is 4. The smallest absolute Gasteiger partial charge is 0.271 e. The van der Waals surface area contributed by atoms with Crippen LogP contribution in [0.4, 0.5) is 0 Å². The number of nitrogens with one attached hydrogen (secondary N) is 3. The van der Waals surface area contributed by atoms with Gasteiger partial charge in [0.15, 0.2) is 0 Å². The van der Waals surface area contributed by atoms with E-state index in [2.05, 4.69) is 44.9 Å². The maximum atomic E-state index is 13.5. The predicted octanol–water partition coefficient (Wildman–Crippen LogP) is 4.94. The van der Waals surface area contributed by atoms with Crippen molar-refractivity contribution in [2.45, 2.75) is 77.4 Å². The van der Waals surface area contributed by atoms with Gasteiger partial charge in [-0.2, -0.15) is 5.10 Å². The van der Waals surface area contributed by atoms with E-state index in [4.69, 9.17) is 0 Å². The Morgan fingerprint density at radius 2 is 1.63 bits per heavy atom. The lowest BCUT2D eigenvalue weighted by molar-refractivity contribution is -0.132. The number of aryl methyl sites for hydroxylation is 1. The molecular formula is C35H44N8O4S2. The largest absolute Gasteiger partial charge is 0.351 e. The van der Waals surface area contributed by atoms with Gasteiger partial charge in [-0.05, 0) is 49.7 Å². The van der Waals surface area contributed by atoms with Crippen molar-refractivity contribution in [2.75, 3.05) is 19.6 Å². The highest BCUT2D eigenvalue weighted by atomic mass is 32.1. The molecule has 0 spiro atoms. The third-order valence-corrected chi connectivity index (χ3v) is 10.1. The molecule has 49 heavy (non-hydrogen) atoms. The van der Waals surface area contributed by atoms with Gasteiger partial charge in [0.1, 0.15) is 21.4 Å². The Labute approximate surface area is 294 Å². The molecule has 12 nitrogen and oxygen atoms in total. The molecule has 4 amide bonds. The van der Waals surface area contributed by atoms with Crippen LogP contribution >= 0.6 is 22.7 Å². The van der Waals surface area contributed by atoms with E-state index in [0.29, 0.717) is 74.7 Å². The third kappa shape index (κ3) is 10.8. The molecule has 1 aliphatic rings. The van der Waals surface area contributed by atoms with Crippen LogP contribution in [0.3, 0.4) is 0 Å². The van der Waals surface area contributed by atoms with Crippen LogP contribution in [0.2, 0.25) is 0 Å². The Bertz CT molecular complexity index is 1670. The quantitative estimate of drug-likeness (QED) is 0.235. The summed E-state index contributed by atoms with van der Waals surface area (Å²) in [4.78, 5) is 64.2. The van der Waals surface area contributed by atoms with Crippen LogP contribution in [-0.2, 0) is 22.6 Å². The third-order valence-electron chi connectivity index (χ3n) is 8.15. The normalized spacial score (nSPS) is 18.3. The summed E-state index contributed by atoms with van der Waals surface area (Å²) in [5.41, 5.74) is 1.56. The lowest BCUT2D eigenvalue weighted by Gasteiger charge is -2.23. The number of rotatable bonds is 8. The zero-order valence-corrected chi connectivity index (χ0v) is 29.6. The molecule has 0 fully saturated rings. The topological polar surface area (TPSA) is 151 Å². The molecule has 0 unspecified atom stereocenters. The zero-order chi connectivity index (χ0) is 34.6. The SMILES string of the molecule is CC(C)C[C@@H]1NC(=O)CCCN(C(=O)CCCn2cccn2)CCCNC(=O)c2csc(n2)[C@H](Cc2ccccc2)NC(=O)c2csc1n2. The second-order valence-corrected chi connectivity index (χ2v) is 14.4. The van der Waals surface area contributed by atoms with E-state index in [1.165, 1.54) is 22.7 Å². The molecule has 3 N–H and O–H groups in total. The number of amides is 4. The molecular weight excluding hydrogens is 661 g/mol. The number of hydrogen-bond acceptors (Lipinski definition) is 9. The highest BCUT2D eigenvalue weighted by Crippen LogP contribution is 2.27. The zero-order valence-electron chi connectivity index (χ0n) is 28.0. The van der Waals surface area contributed by atoms with E-state index >= 15 is 0 Å². The van der Waals surface area contributed by atoms with Crippen LogP contribution in [-0.4, -0.2) is 67.9 Å². The molecule has 0 radical (unpaired) electrons. The van der Waals surface area contributed by atoms with Crippen molar-refractivity contribution in [3.63, 3.8) is 0 Å². The van der Waals surface area contributed by atoms with Gasteiger partial charge < -0.3 is 20.9 Å². The van der Waals surface area contributed by atoms with Gasteiger partial charge in [0.2, 0.25) is 11.8 Å². The van der Waals surface area contributed by atoms with Crippen LogP contribution in [0.5, 0.6) is 0 Å². The molecule has 4 aromatic rings. The minimum atomic E-state index is -0.486. The van der Waals surface area contributed by atoms with Crippen LogP contribution in [0, 0.1) is 5.92 Å². The molecule has 0 saturated heterocycles. The summed E-state index contributed by atoms with van der Waals surface area (Å²) < 4.78 is 1.80. The van der Waals surface area contributed by atoms with Crippen LogP contribution in [0.15, 0.2) is 59.6 Å². The van der Waals surface area contributed by atoms with Gasteiger partial charge in [-0.1, -0.05) is 44.2 Å². The van der Waals surface area contributed by atoms with Crippen molar-refractivity contribution in [1.29, 1.82) is 0 Å². The number of aromatic nitrogens is 4. The van der Waals surface area contributed by atoms with Crippen molar-refractivity contribution < 1.29 is 19.2 Å². The second kappa shape index (κ2) is 17.8. The Hall–Kier alpha value is -4.43. The fourth-order valence-corrected chi connectivity index (χ4v) is 7.39. The van der Waals surface area contributed by atoms with Crippen LogP contribution < -0.4 is 16.0 Å². The van der Waals surface area contributed by atoms with Crippen molar-refractivity contribution in [1.82, 2.24) is 40.6 Å². The van der Waals surface area contributed by atoms with E-state index in [1.807, 2.05) is 42.6 Å². The van der Waals surface area contributed by atoms with Crippen molar-refractivity contribution >= 4 is 46.3 Å². The Morgan fingerprint density at radius 3 is 2.35 bits per heavy atom. The van der Waals surface area contributed by atoms with Gasteiger partial charge in [0.05, 0.1) is 12.1 Å². The fraction of sp³-hybridized carbons (Fsp3) is 0.457. The highest BCUT2D eigenvalue weighted by molar-refractivity contribution is 7.10. The number of benzene rings is 1. The summed E-state index contributed by atoms with van der Waals surface area (Å²) in [7, 11) is 0. The van der Waals surface area contributed by atoms with Crippen molar-refractivity contribution in [3.8, 4) is 0 Å². The first-order valence-electron chi connectivity index (χ1n) is 16.8. The minimum absolute atomic E-state index is 0.0102. The predicted molar refractivity (Wildman–Crippen MR) is 189 cm³/mol. The van der Waals surface area contributed by atoms with E-state index in [1.54, 1.807) is 26.5 Å². The minimum Gasteiger partial charge on any atom is -0.351 e. The molecule has 2 atom stereocenters. The molecule has 5 rings (SSSR count). The molecule has 3 aromatic heterocycles. The highest BCUT2D eigenvalue weighted by Gasteiger charge is 2.25. The summed E-state index contributed by atoms with van der Waals surface area (Å²) in [6.45, 7) is 6.04. The van der Waals surface area contributed by atoms with Crippen molar-refractivity contribution in [2.24, 2.45) is 5.92 Å². The van der Waals surface area contributed by atoms with E-state index < -0.39 is 6.04 Å². The summed E-state index contributed by atoms with van der Waals surface area (Å²) in [5, 5.41) is 18.1. The van der Waals surface area contributed by atoms with Crippen molar-refractivity contribution in [3.05, 3.63) is 86.5 Å². The summed E-state index contributed by atoms with van der Waals surface area (Å²) in [6.07, 6.45) is 7.03. The Morgan fingerprint density at radius 1 is 0.918 bits per heavy atom. The van der Waals surface area contributed by atoms with Gasteiger partial charge >= 0.3 is 0 Å². The number of nitrogens with zero attached hydrogens (tertiary/aromatic N) is 5. The van der Waals surface area contributed by atoms with Gasteiger partial charge in [0.25, 0.3) is 11.8 Å². The molecule has 260 valence electrons. The maximum Gasteiger partial charge on any atom is 0.271 e. The number of thiazole rings is 2. The lowest BCUT2D eigenvalue weighted by Crippen LogP contribution is -2.36. The number of hydrogen-bond donors (Lipinski definition) is 3. The summed E-state index contributed by atoms with van der Waals surface area (Å²) in [5.74, 6) is -0.498. The Kier molecular flexibility index (Phi) is 13.0. The molecule has 1 aliphatic heterocycles. The molecule has 0 saturated carbocycles. The lowest BCUT2D eigenvalue weighted by atomic mass is 10.0. The van der Waals surface area contributed by atoms with Gasteiger partial charge in [-0.15, -0.1) is 22.7 Å². The molecule has 4 heterocycles. The standard InChI is InChI=1S/C35H44N8O4S2/c1-24(2)20-26-34-41-29(23-49-34)33(47)39-27(21-25-10-4-3-5-11-25)35-40-28(22-48-35)32(46)36-14-8-17-42(16-6-12-30(44)38-26)31(45)13-7-18-43-19-9-15-37-43/h3-5,9-11,15,19,22-24,26-27H,6-8,12-14,16-18,20-21H2,1-2H3,(H,36,46)(H,38,44)(H,39,47)/t26-,27-/m0/s1.